The maximum absolute atomic E-state index is 12.0. The van der Waals surface area contributed by atoms with Crippen molar-refractivity contribution in [2.45, 2.75) is 20.4 Å². The number of carbonyl (C=O) groups excluding carboxylic acids is 1. The maximum atomic E-state index is 12.0. The maximum Gasteiger partial charge on any atom is 0.357 e. The minimum atomic E-state index is -0.511. The zero-order valence-electron chi connectivity index (χ0n) is 12.1. The van der Waals surface area contributed by atoms with Gasteiger partial charge in [-0.25, -0.2) is 4.79 Å². The molecule has 1 heterocycles. The summed E-state index contributed by atoms with van der Waals surface area (Å²) in [7, 11) is 0. The summed E-state index contributed by atoms with van der Waals surface area (Å²) in [4.78, 5) is 12.0. The number of esters is 1. The van der Waals surface area contributed by atoms with Crippen molar-refractivity contribution in [1.29, 1.82) is 5.26 Å². The largest absolute Gasteiger partial charge is 0.461 e. The van der Waals surface area contributed by atoms with Gasteiger partial charge < -0.3 is 15.0 Å². The Hall–Kier alpha value is -2.74. The number of anilines is 1. The summed E-state index contributed by atoms with van der Waals surface area (Å²) in [6.07, 6.45) is 1.58. The fourth-order valence-corrected chi connectivity index (χ4v) is 2.10. The summed E-state index contributed by atoms with van der Waals surface area (Å²) in [5, 5.41) is 9.07. The Kier molecular flexibility index (Phi) is 4.29. The average Bonchev–Trinajstić information content (AvgIpc) is 2.77. The monoisotopic (exact) mass is 283 g/mol. The number of aryl methyl sites for hydroxylation is 1. The lowest BCUT2D eigenvalue weighted by Crippen LogP contribution is -2.14. The van der Waals surface area contributed by atoms with Gasteiger partial charge in [-0.1, -0.05) is 29.8 Å². The third kappa shape index (κ3) is 3.06. The molecule has 0 aliphatic carbocycles. The van der Waals surface area contributed by atoms with Crippen LogP contribution in [0.3, 0.4) is 0 Å². The Morgan fingerprint density at radius 1 is 1.38 bits per heavy atom. The first-order valence-corrected chi connectivity index (χ1v) is 6.68. The highest BCUT2D eigenvalue weighted by Crippen LogP contribution is 2.22. The van der Waals surface area contributed by atoms with Crippen LogP contribution in [0.1, 0.15) is 34.1 Å². The molecule has 0 unspecified atom stereocenters. The molecule has 5 nitrogen and oxygen atoms in total. The Labute approximate surface area is 123 Å². The molecule has 0 saturated heterocycles. The highest BCUT2D eigenvalue weighted by atomic mass is 16.5. The first-order chi connectivity index (χ1) is 10.1. The van der Waals surface area contributed by atoms with Crippen molar-refractivity contribution in [3.63, 3.8) is 0 Å². The van der Waals surface area contributed by atoms with Gasteiger partial charge in [0.2, 0.25) is 0 Å². The molecule has 0 saturated carbocycles. The Bertz CT molecular complexity index is 694. The van der Waals surface area contributed by atoms with Crippen molar-refractivity contribution in [3.05, 3.63) is 52.8 Å². The van der Waals surface area contributed by atoms with Crippen molar-refractivity contribution in [2.75, 3.05) is 12.3 Å². The van der Waals surface area contributed by atoms with Crippen LogP contribution in [-0.2, 0) is 11.3 Å². The topological polar surface area (TPSA) is 81.0 Å². The SMILES string of the molecule is CCOC(=O)c1c(N)c(C#N)cn1Cc1ccc(C)cc1. The lowest BCUT2D eigenvalue weighted by atomic mass is 10.1. The molecular weight excluding hydrogens is 266 g/mol. The van der Waals surface area contributed by atoms with Gasteiger partial charge in [0.15, 0.2) is 5.69 Å². The summed E-state index contributed by atoms with van der Waals surface area (Å²) in [5.41, 5.74) is 8.74. The lowest BCUT2D eigenvalue weighted by molar-refractivity contribution is 0.0516. The minimum absolute atomic E-state index is 0.170. The minimum Gasteiger partial charge on any atom is -0.461 e. The molecule has 0 aliphatic rings. The van der Waals surface area contributed by atoms with Gasteiger partial charge in [-0.05, 0) is 19.4 Å². The highest BCUT2D eigenvalue weighted by Gasteiger charge is 2.21. The van der Waals surface area contributed by atoms with Gasteiger partial charge in [-0.15, -0.1) is 0 Å². The van der Waals surface area contributed by atoms with E-state index in [2.05, 4.69) is 0 Å². The molecule has 2 rings (SSSR count). The number of hydrogen-bond donors (Lipinski definition) is 1. The third-order valence-electron chi connectivity index (χ3n) is 3.18. The van der Waals surface area contributed by atoms with Gasteiger partial charge in [0.1, 0.15) is 6.07 Å². The Balaban J connectivity index is 2.40. The summed E-state index contributed by atoms with van der Waals surface area (Å²) < 4.78 is 6.68. The van der Waals surface area contributed by atoms with Crippen molar-refractivity contribution >= 4 is 11.7 Å². The molecule has 21 heavy (non-hydrogen) atoms. The normalized spacial score (nSPS) is 10.1. The average molecular weight is 283 g/mol. The van der Waals surface area contributed by atoms with Gasteiger partial charge >= 0.3 is 5.97 Å². The van der Waals surface area contributed by atoms with E-state index in [-0.39, 0.29) is 23.6 Å². The predicted octanol–water partition coefficient (Wildman–Crippen LogP) is 2.48. The molecule has 1 aromatic heterocycles. The standard InChI is InChI=1S/C16H17N3O2/c1-3-21-16(20)15-14(18)13(8-17)10-19(15)9-12-6-4-11(2)5-7-12/h4-7,10H,3,9,18H2,1-2H3. The number of hydrogen-bond acceptors (Lipinski definition) is 4. The van der Waals surface area contributed by atoms with E-state index in [9.17, 15) is 4.79 Å². The van der Waals surface area contributed by atoms with E-state index in [0.717, 1.165) is 11.1 Å². The zero-order valence-corrected chi connectivity index (χ0v) is 12.1. The van der Waals surface area contributed by atoms with E-state index in [1.807, 2.05) is 37.3 Å². The second kappa shape index (κ2) is 6.14. The molecular formula is C16H17N3O2. The number of nitrogens with two attached hydrogens (primary N) is 1. The number of nitrogen functional groups attached to an aromatic ring is 1. The number of nitriles is 1. The first-order valence-electron chi connectivity index (χ1n) is 6.68. The van der Waals surface area contributed by atoms with Gasteiger partial charge in [-0.3, -0.25) is 0 Å². The number of carbonyl (C=O) groups is 1. The zero-order chi connectivity index (χ0) is 15.4. The molecule has 5 heteroatoms. The molecule has 0 aliphatic heterocycles. The molecule has 2 N–H and O–H groups in total. The third-order valence-corrected chi connectivity index (χ3v) is 3.18. The van der Waals surface area contributed by atoms with Crippen molar-refractivity contribution in [1.82, 2.24) is 4.57 Å². The van der Waals surface area contributed by atoms with Crippen LogP contribution in [0.15, 0.2) is 30.5 Å². The van der Waals surface area contributed by atoms with Gasteiger partial charge in [-0.2, -0.15) is 5.26 Å². The van der Waals surface area contributed by atoms with E-state index >= 15 is 0 Å². The van der Waals surface area contributed by atoms with Crippen molar-refractivity contribution in [2.24, 2.45) is 0 Å². The first kappa shape index (κ1) is 14.7. The van der Waals surface area contributed by atoms with E-state index in [0.29, 0.717) is 6.54 Å². The number of benzene rings is 1. The molecule has 108 valence electrons. The molecule has 0 amide bonds. The molecule has 0 fully saturated rings. The fourth-order valence-electron chi connectivity index (χ4n) is 2.10. The second-order valence-electron chi connectivity index (χ2n) is 4.75. The van der Waals surface area contributed by atoms with Crippen molar-refractivity contribution < 1.29 is 9.53 Å². The second-order valence-corrected chi connectivity index (χ2v) is 4.75. The van der Waals surface area contributed by atoms with Crippen LogP contribution in [0.5, 0.6) is 0 Å². The summed E-state index contributed by atoms with van der Waals surface area (Å²) in [6.45, 7) is 4.46. The van der Waals surface area contributed by atoms with Gasteiger partial charge in [0.25, 0.3) is 0 Å². The van der Waals surface area contributed by atoms with Crippen LogP contribution in [0.2, 0.25) is 0 Å². The smallest absolute Gasteiger partial charge is 0.357 e. The molecule has 2 aromatic rings. The summed E-state index contributed by atoms with van der Waals surface area (Å²) >= 11 is 0. The molecule has 0 bridgehead atoms. The fraction of sp³-hybridized carbons (Fsp3) is 0.250. The molecule has 0 spiro atoms. The van der Waals surface area contributed by atoms with E-state index < -0.39 is 5.97 Å². The van der Waals surface area contributed by atoms with Crippen LogP contribution < -0.4 is 5.73 Å². The number of rotatable bonds is 4. The quantitative estimate of drug-likeness (QED) is 0.874. The van der Waals surface area contributed by atoms with Crippen molar-refractivity contribution in [3.8, 4) is 6.07 Å². The lowest BCUT2D eigenvalue weighted by Gasteiger charge is -2.09. The van der Waals surface area contributed by atoms with E-state index in [1.54, 1.807) is 17.7 Å². The molecule has 0 radical (unpaired) electrons. The highest BCUT2D eigenvalue weighted by molar-refractivity contribution is 5.95. The van der Waals surface area contributed by atoms with Gasteiger partial charge in [0, 0.05) is 12.7 Å². The van der Waals surface area contributed by atoms with E-state index in [4.69, 9.17) is 15.7 Å². The molecule has 1 aromatic carbocycles. The number of ether oxygens (including phenoxy) is 1. The number of aromatic nitrogens is 1. The summed E-state index contributed by atoms with van der Waals surface area (Å²) in [6, 6.07) is 9.95. The summed E-state index contributed by atoms with van der Waals surface area (Å²) in [5.74, 6) is -0.511. The molecule has 0 atom stereocenters. The van der Waals surface area contributed by atoms with Crippen LogP contribution in [0, 0.1) is 18.3 Å². The Morgan fingerprint density at radius 3 is 2.62 bits per heavy atom. The van der Waals surface area contributed by atoms with Crippen LogP contribution in [0.25, 0.3) is 0 Å². The van der Waals surface area contributed by atoms with Crippen LogP contribution >= 0.6 is 0 Å². The predicted molar refractivity (Wildman–Crippen MR) is 79.8 cm³/mol. The van der Waals surface area contributed by atoms with Gasteiger partial charge in [0.05, 0.1) is 17.9 Å². The van der Waals surface area contributed by atoms with E-state index in [1.165, 1.54) is 0 Å². The number of nitrogens with zero attached hydrogens (tertiary/aromatic N) is 2. The Morgan fingerprint density at radius 2 is 2.05 bits per heavy atom. The van der Waals surface area contributed by atoms with Crippen LogP contribution in [-0.4, -0.2) is 17.1 Å². The van der Waals surface area contributed by atoms with Crippen LogP contribution in [0.4, 0.5) is 5.69 Å².